The Morgan fingerprint density at radius 1 is 1.17 bits per heavy atom. The van der Waals surface area contributed by atoms with Crippen LogP contribution < -0.4 is 15.4 Å². The molecule has 2 N–H and O–H groups in total. The number of methoxy groups -OCH3 is 1. The number of esters is 1. The molecule has 30 heavy (non-hydrogen) atoms. The normalized spacial score (nSPS) is 14.6. The molecule has 7 heteroatoms. The molecule has 0 aliphatic heterocycles. The van der Waals surface area contributed by atoms with Crippen molar-refractivity contribution in [1.82, 2.24) is 5.32 Å². The van der Waals surface area contributed by atoms with Gasteiger partial charge in [-0.25, -0.2) is 4.79 Å². The number of carbonyl (C=O) groups excluding carboxylic acids is 1. The Labute approximate surface area is 188 Å². The molecule has 0 radical (unpaired) electrons. The molecule has 1 atom stereocenters. The van der Waals surface area contributed by atoms with Gasteiger partial charge in [0, 0.05) is 4.88 Å². The van der Waals surface area contributed by atoms with E-state index in [1.54, 1.807) is 11.3 Å². The maximum absolute atomic E-state index is 12.5. The van der Waals surface area contributed by atoms with E-state index in [1.165, 1.54) is 24.8 Å². The third-order valence-corrected chi connectivity index (χ3v) is 6.75. The molecule has 3 rings (SSSR count). The number of anilines is 1. The van der Waals surface area contributed by atoms with E-state index in [0.717, 1.165) is 47.6 Å². The van der Waals surface area contributed by atoms with E-state index in [4.69, 9.17) is 21.7 Å². The van der Waals surface area contributed by atoms with Gasteiger partial charge in [-0.3, -0.25) is 0 Å². The lowest BCUT2D eigenvalue weighted by molar-refractivity contribution is 0.0601. The van der Waals surface area contributed by atoms with Crippen molar-refractivity contribution in [3.05, 3.63) is 45.8 Å². The highest BCUT2D eigenvalue weighted by Gasteiger charge is 2.25. The third kappa shape index (κ3) is 5.52. The van der Waals surface area contributed by atoms with Crippen LogP contribution in [-0.2, 0) is 17.6 Å². The first-order valence-corrected chi connectivity index (χ1v) is 11.8. The molecule has 1 aromatic carbocycles. The number of thiophene rings is 1. The fourth-order valence-electron chi connectivity index (χ4n) is 3.76. The summed E-state index contributed by atoms with van der Waals surface area (Å²) in [5.41, 5.74) is 2.89. The highest BCUT2D eigenvalue weighted by molar-refractivity contribution is 7.80. The Morgan fingerprint density at radius 3 is 2.53 bits per heavy atom. The molecule has 1 aromatic heterocycles. The molecule has 1 unspecified atom stereocenters. The number of ether oxygens (including phenoxy) is 2. The minimum Gasteiger partial charge on any atom is -0.494 e. The van der Waals surface area contributed by atoms with E-state index in [1.807, 2.05) is 31.2 Å². The fraction of sp³-hybridized carbons (Fsp3) is 0.478. The molecule has 0 bridgehead atoms. The quantitative estimate of drug-likeness (QED) is 0.442. The lowest BCUT2D eigenvalue weighted by atomic mass is 9.96. The number of rotatable bonds is 6. The van der Waals surface area contributed by atoms with Crippen LogP contribution in [0.15, 0.2) is 24.3 Å². The van der Waals surface area contributed by atoms with Crippen molar-refractivity contribution < 1.29 is 14.3 Å². The predicted molar refractivity (Wildman–Crippen MR) is 127 cm³/mol. The lowest BCUT2D eigenvalue weighted by Crippen LogP contribution is -2.31. The number of carbonyl (C=O) groups is 1. The molecule has 1 aliphatic carbocycles. The van der Waals surface area contributed by atoms with Crippen LogP contribution in [0.4, 0.5) is 5.00 Å². The van der Waals surface area contributed by atoms with E-state index < -0.39 is 0 Å². The Kier molecular flexibility index (Phi) is 8.10. The van der Waals surface area contributed by atoms with E-state index >= 15 is 0 Å². The van der Waals surface area contributed by atoms with Gasteiger partial charge in [0.25, 0.3) is 0 Å². The number of hydrogen-bond donors (Lipinski definition) is 2. The van der Waals surface area contributed by atoms with Crippen LogP contribution in [0, 0.1) is 0 Å². The average molecular weight is 447 g/mol. The summed E-state index contributed by atoms with van der Waals surface area (Å²) in [6.07, 6.45) is 6.64. The fourth-order valence-corrected chi connectivity index (χ4v) is 5.39. The monoisotopic (exact) mass is 446 g/mol. The standard InChI is InChI=1S/C23H30N2O3S2/c1-4-28-17-13-11-16(12-14-17)15(2)24-23(29)25-21-20(22(26)27-3)18-9-7-5-6-8-10-19(18)30-21/h11-15H,4-10H2,1-3H3,(H2,24,25,29). The second kappa shape index (κ2) is 10.8. The molecule has 5 nitrogen and oxygen atoms in total. The Balaban J connectivity index is 1.73. The summed E-state index contributed by atoms with van der Waals surface area (Å²) in [5.74, 6) is 0.561. The average Bonchev–Trinajstić information content (AvgIpc) is 3.04. The molecule has 2 aromatic rings. The minimum absolute atomic E-state index is 0.0169. The first-order valence-electron chi connectivity index (χ1n) is 10.6. The smallest absolute Gasteiger partial charge is 0.341 e. The third-order valence-electron chi connectivity index (χ3n) is 5.33. The van der Waals surface area contributed by atoms with Gasteiger partial charge in [0.05, 0.1) is 25.3 Å². The molecule has 1 aliphatic rings. The van der Waals surface area contributed by atoms with E-state index in [-0.39, 0.29) is 12.0 Å². The van der Waals surface area contributed by atoms with Crippen LogP contribution >= 0.6 is 23.6 Å². The van der Waals surface area contributed by atoms with Crippen molar-refractivity contribution in [2.45, 2.75) is 58.4 Å². The van der Waals surface area contributed by atoms with Gasteiger partial charge in [0.15, 0.2) is 5.11 Å². The molecule has 0 saturated heterocycles. The molecule has 0 spiro atoms. The maximum atomic E-state index is 12.5. The first-order chi connectivity index (χ1) is 14.5. The molecule has 1 heterocycles. The van der Waals surface area contributed by atoms with Crippen LogP contribution in [0.3, 0.4) is 0 Å². The van der Waals surface area contributed by atoms with Gasteiger partial charge in [-0.1, -0.05) is 25.0 Å². The highest BCUT2D eigenvalue weighted by atomic mass is 32.1. The molecule has 162 valence electrons. The van der Waals surface area contributed by atoms with Crippen molar-refractivity contribution in [3.8, 4) is 5.75 Å². The number of hydrogen-bond acceptors (Lipinski definition) is 5. The Hall–Kier alpha value is -2.12. The zero-order chi connectivity index (χ0) is 21.5. The number of thiocarbonyl (C=S) groups is 1. The van der Waals surface area contributed by atoms with Crippen molar-refractivity contribution in [3.63, 3.8) is 0 Å². The Bertz CT molecular complexity index is 877. The van der Waals surface area contributed by atoms with Crippen molar-refractivity contribution in [2.75, 3.05) is 19.0 Å². The number of benzene rings is 1. The van der Waals surface area contributed by atoms with Gasteiger partial charge in [-0.15, -0.1) is 11.3 Å². The molecular formula is C23H30N2O3S2. The van der Waals surface area contributed by atoms with Gasteiger partial charge >= 0.3 is 5.97 Å². The van der Waals surface area contributed by atoms with Crippen molar-refractivity contribution in [1.29, 1.82) is 0 Å². The summed E-state index contributed by atoms with van der Waals surface area (Å²) in [5, 5.41) is 7.87. The van der Waals surface area contributed by atoms with Crippen LogP contribution in [0.1, 0.15) is 71.9 Å². The summed E-state index contributed by atoms with van der Waals surface area (Å²) in [6.45, 7) is 4.67. The van der Waals surface area contributed by atoms with Crippen LogP contribution in [-0.4, -0.2) is 24.8 Å². The number of nitrogens with one attached hydrogen (secondary N) is 2. The zero-order valence-corrected chi connectivity index (χ0v) is 19.5. The summed E-state index contributed by atoms with van der Waals surface area (Å²) in [7, 11) is 1.43. The van der Waals surface area contributed by atoms with Gasteiger partial charge in [-0.2, -0.15) is 0 Å². The summed E-state index contributed by atoms with van der Waals surface area (Å²) >= 11 is 7.19. The second-order valence-electron chi connectivity index (χ2n) is 7.44. The summed E-state index contributed by atoms with van der Waals surface area (Å²) in [4.78, 5) is 13.8. The molecular weight excluding hydrogens is 416 g/mol. The first kappa shape index (κ1) is 22.6. The van der Waals surface area contributed by atoms with E-state index in [2.05, 4.69) is 17.6 Å². The maximum Gasteiger partial charge on any atom is 0.341 e. The molecule has 0 fully saturated rings. The van der Waals surface area contributed by atoms with Crippen LogP contribution in [0.5, 0.6) is 5.75 Å². The summed E-state index contributed by atoms with van der Waals surface area (Å²) < 4.78 is 10.6. The highest BCUT2D eigenvalue weighted by Crippen LogP contribution is 2.37. The lowest BCUT2D eigenvalue weighted by Gasteiger charge is -2.18. The largest absolute Gasteiger partial charge is 0.494 e. The minimum atomic E-state index is -0.294. The second-order valence-corrected chi connectivity index (χ2v) is 8.95. The van der Waals surface area contributed by atoms with Gasteiger partial charge in [0.2, 0.25) is 0 Å². The van der Waals surface area contributed by atoms with E-state index in [0.29, 0.717) is 17.3 Å². The van der Waals surface area contributed by atoms with Crippen LogP contribution in [0.25, 0.3) is 0 Å². The van der Waals surface area contributed by atoms with Crippen molar-refractivity contribution in [2.24, 2.45) is 0 Å². The SMILES string of the molecule is CCOc1ccc(C(C)NC(=S)Nc2sc3c(c2C(=O)OC)CCCCCC3)cc1. The summed E-state index contributed by atoms with van der Waals surface area (Å²) in [6, 6.07) is 8.00. The van der Waals surface area contributed by atoms with E-state index in [9.17, 15) is 4.79 Å². The van der Waals surface area contributed by atoms with Crippen molar-refractivity contribution >= 4 is 39.6 Å². The predicted octanol–water partition coefficient (Wildman–Crippen LogP) is 5.64. The van der Waals surface area contributed by atoms with Gasteiger partial charge in [0.1, 0.15) is 10.8 Å². The Morgan fingerprint density at radius 2 is 1.87 bits per heavy atom. The number of aryl methyl sites for hydroxylation is 1. The molecule has 0 amide bonds. The van der Waals surface area contributed by atoms with Gasteiger partial charge in [-0.05, 0) is 75.0 Å². The van der Waals surface area contributed by atoms with Crippen LogP contribution in [0.2, 0.25) is 0 Å². The number of fused-ring (bicyclic) bond motifs is 1. The molecule has 0 saturated carbocycles. The zero-order valence-electron chi connectivity index (χ0n) is 17.9. The van der Waals surface area contributed by atoms with Gasteiger partial charge < -0.3 is 20.1 Å². The topological polar surface area (TPSA) is 59.6 Å².